The maximum Gasteiger partial charge on any atom is 0.308 e. The largest absolute Gasteiger partial charge is 0.481 e. The Labute approximate surface area is 102 Å². The highest BCUT2D eigenvalue weighted by Crippen LogP contribution is 2.44. The van der Waals surface area contributed by atoms with Gasteiger partial charge in [0.15, 0.2) is 0 Å². The van der Waals surface area contributed by atoms with Crippen LogP contribution in [0.4, 0.5) is 0 Å². The minimum absolute atomic E-state index is 0.0238. The van der Waals surface area contributed by atoms with Crippen LogP contribution in [-0.4, -0.2) is 23.0 Å². The summed E-state index contributed by atoms with van der Waals surface area (Å²) in [4.78, 5) is 22.9. The summed E-state index contributed by atoms with van der Waals surface area (Å²) in [5.41, 5.74) is -0.325. The highest BCUT2D eigenvalue weighted by atomic mass is 16.4. The molecule has 17 heavy (non-hydrogen) atoms. The first-order valence-electron chi connectivity index (χ1n) is 6.07. The Morgan fingerprint density at radius 3 is 2.41 bits per heavy atom. The number of aliphatic carboxylic acids is 1. The van der Waals surface area contributed by atoms with Crippen LogP contribution in [0.15, 0.2) is 12.7 Å². The highest BCUT2D eigenvalue weighted by Gasteiger charge is 2.43. The van der Waals surface area contributed by atoms with Gasteiger partial charge in [-0.25, -0.2) is 0 Å². The second kappa shape index (κ2) is 5.34. The third-order valence-corrected chi connectivity index (χ3v) is 3.83. The molecule has 1 aliphatic carbocycles. The maximum absolute atomic E-state index is 12.1. The van der Waals surface area contributed by atoms with Gasteiger partial charge in [0, 0.05) is 6.04 Å². The van der Waals surface area contributed by atoms with Crippen molar-refractivity contribution >= 4 is 11.9 Å². The Hall–Kier alpha value is -1.32. The molecule has 0 bridgehead atoms. The molecule has 1 aliphatic rings. The van der Waals surface area contributed by atoms with Crippen molar-refractivity contribution in [3.05, 3.63) is 12.7 Å². The van der Waals surface area contributed by atoms with Gasteiger partial charge in [0.05, 0.1) is 11.3 Å². The van der Waals surface area contributed by atoms with Crippen LogP contribution in [-0.2, 0) is 9.59 Å². The molecule has 0 aromatic rings. The van der Waals surface area contributed by atoms with E-state index < -0.39 is 11.9 Å². The number of hydrogen-bond acceptors (Lipinski definition) is 2. The lowest BCUT2D eigenvalue weighted by atomic mass is 9.66. The Balaban J connectivity index is 2.59. The average molecular weight is 239 g/mol. The molecule has 2 unspecified atom stereocenters. The standard InChI is InChI=1S/C13H21NO3/c1-4-6-13(7-5-8-13)12(17)14-10(3)9(2)11(15)16/h4,9-10H,1,5-8H2,2-3H3,(H,14,17)(H,15,16). The van der Waals surface area contributed by atoms with Crippen LogP contribution >= 0.6 is 0 Å². The van der Waals surface area contributed by atoms with E-state index in [9.17, 15) is 9.59 Å². The van der Waals surface area contributed by atoms with Crippen LogP contribution in [0.5, 0.6) is 0 Å². The molecule has 96 valence electrons. The number of rotatable bonds is 6. The Morgan fingerprint density at radius 2 is 2.06 bits per heavy atom. The number of amides is 1. The average Bonchev–Trinajstić information content (AvgIpc) is 2.21. The number of carbonyl (C=O) groups is 2. The number of carboxylic acid groups (broad SMARTS) is 1. The van der Waals surface area contributed by atoms with Crippen molar-refractivity contribution in [2.45, 2.75) is 45.6 Å². The molecule has 1 fully saturated rings. The normalized spacial score (nSPS) is 20.8. The van der Waals surface area contributed by atoms with Gasteiger partial charge in [-0.3, -0.25) is 9.59 Å². The zero-order valence-electron chi connectivity index (χ0n) is 10.5. The minimum atomic E-state index is -0.885. The number of carboxylic acids is 1. The topological polar surface area (TPSA) is 66.4 Å². The van der Waals surface area contributed by atoms with Crippen LogP contribution in [0.2, 0.25) is 0 Å². The summed E-state index contributed by atoms with van der Waals surface area (Å²) in [5, 5.41) is 11.7. The molecule has 2 atom stereocenters. The van der Waals surface area contributed by atoms with E-state index in [2.05, 4.69) is 11.9 Å². The SMILES string of the molecule is C=CCC1(C(=O)NC(C)C(C)C(=O)O)CCC1. The molecule has 0 aromatic heterocycles. The van der Waals surface area contributed by atoms with Crippen LogP contribution in [0, 0.1) is 11.3 Å². The molecule has 2 N–H and O–H groups in total. The molecule has 0 heterocycles. The summed E-state index contributed by atoms with van der Waals surface area (Å²) in [7, 11) is 0. The maximum atomic E-state index is 12.1. The molecule has 4 nitrogen and oxygen atoms in total. The summed E-state index contributed by atoms with van der Waals surface area (Å²) in [6.45, 7) is 7.02. The molecule has 0 aliphatic heterocycles. The summed E-state index contributed by atoms with van der Waals surface area (Å²) >= 11 is 0. The van der Waals surface area contributed by atoms with Crippen molar-refractivity contribution in [1.82, 2.24) is 5.32 Å². The van der Waals surface area contributed by atoms with Crippen molar-refractivity contribution < 1.29 is 14.7 Å². The predicted octanol–water partition coefficient (Wildman–Crippen LogP) is 1.96. The van der Waals surface area contributed by atoms with Gasteiger partial charge in [-0.05, 0) is 33.1 Å². The fourth-order valence-corrected chi connectivity index (χ4v) is 2.10. The highest BCUT2D eigenvalue weighted by molar-refractivity contribution is 5.84. The van der Waals surface area contributed by atoms with Crippen LogP contribution < -0.4 is 5.32 Å². The molecule has 0 aromatic carbocycles. The zero-order valence-corrected chi connectivity index (χ0v) is 10.5. The molecular formula is C13H21NO3. The zero-order chi connectivity index (χ0) is 13.1. The lowest BCUT2D eigenvalue weighted by Crippen LogP contribution is -2.50. The summed E-state index contributed by atoms with van der Waals surface area (Å²) in [5.74, 6) is -1.48. The van der Waals surface area contributed by atoms with Gasteiger partial charge in [0.1, 0.15) is 0 Å². The van der Waals surface area contributed by atoms with Gasteiger partial charge in [0.2, 0.25) is 5.91 Å². The van der Waals surface area contributed by atoms with Crippen LogP contribution in [0.1, 0.15) is 39.5 Å². The number of carbonyl (C=O) groups excluding carboxylic acids is 1. The van der Waals surface area contributed by atoms with E-state index in [1.165, 1.54) is 0 Å². The third-order valence-electron chi connectivity index (χ3n) is 3.83. The molecule has 1 rings (SSSR count). The summed E-state index contributed by atoms with van der Waals surface area (Å²) in [6, 6.07) is -0.345. The molecule has 0 saturated heterocycles. The van der Waals surface area contributed by atoms with Gasteiger partial charge in [-0.2, -0.15) is 0 Å². The van der Waals surface area contributed by atoms with Gasteiger partial charge in [-0.1, -0.05) is 12.5 Å². The van der Waals surface area contributed by atoms with Gasteiger partial charge in [-0.15, -0.1) is 6.58 Å². The molecular weight excluding hydrogens is 218 g/mol. The van der Waals surface area contributed by atoms with E-state index in [4.69, 9.17) is 5.11 Å². The molecule has 4 heteroatoms. The van der Waals surface area contributed by atoms with Crippen molar-refractivity contribution in [3.8, 4) is 0 Å². The second-order valence-electron chi connectivity index (χ2n) is 5.02. The Morgan fingerprint density at radius 1 is 1.47 bits per heavy atom. The van der Waals surface area contributed by atoms with Crippen LogP contribution in [0.25, 0.3) is 0 Å². The molecule has 0 spiro atoms. The molecule has 0 radical (unpaired) electrons. The smallest absolute Gasteiger partial charge is 0.308 e. The number of allylic oxidation sites excluding steroid dienone is 1. The Kier molecular flexibility index (Phi) is 4.32. The van der Waals surface area contributed by atoms with Crippen LogP contribution in [0.3, 0.4) is 0 Å². The quantitative estimate of drug-likeness (QED) is 0.696. The fourth-order valence-electron chi connectivity index (χ4n) is 2.10. The second-order valence-corrected chi connectivity index (χ2v) is 5.02. The number of nitrogens with one attached hydrogen (secondary N) is 1. The van der Waals surface area contributed by atoms with E-state index in [-0.39, 0.29) is 17.4 Å². The van der Waals surface area contributed by atoms with E-state index in [0.29, 0.717) is 6.42 Å². The summed E-state index contributed by atoms with van der Waals surface area (Å²) < 4.78 is 0. The van der Waals surface area contributed by atoms with Crippen molar-refractivity contribution in [2.75, 3.05) is 0 Å². The predicted molar refractivity (Wildman–Crippen MR) is 65.5 cm³/mol. The van der Waals surface area contributed by atoms with Gasteiger partial charge >= 0.3 is 5.97 Å². The first kappa shape index (κ1) is 13.7. The monoisotopic (exact) mass is 239 g/mol. The first-order chi connectivity index (χ1) is 7.93. The lowest BCUT2D eigenvalue weighted by Gasteiger charge is -2.40. The van der Waals surface area contributed by atoms with E-state index in [1.807, 2.05) is 0 Å². The van der Waals surface area contributed by atoms with Crippen molar-refractivity contribution in [3.63, 3.8) is 0 Å². The molecule has 1 amide bonds. The van der Waals surface area contributed by atoms with E-state index >= 15 is 0 Å². The summed E-state index contributed by atoms with van der Waals surface area (Å²) in [6.07, 6.45) is 5.25. The van der Waals surface area contributed by atoms with Crippen molar-refractivity contribution in [2.24, 2.45) is 11.3 Å². The van der Waals surface area contributed by atoms with E-state index in [1.54, 1.807) is 19.9 Å². The first-order valence-corrected chi connectivity index (χ1v) is 6.07. The van der Waals surface area contributed by atoms with Gasteiger partial charge < -0.3 is 10.4 Å². The Bertz CT molecular complexity index is 321. The number of hydrogen-bond donors (Lipinski definition) is 2. The lowest BCUT2D eigenvalue weighted by molar-refractivity contribution is -0.143. The minimum Gasteiger partial charge on any atom is -0.481 e. The fraction of sp³-hybridized carbons (Fsp3) is 0.692. The van der Waals surface area contributed by atoms with Gasteiger partial charge in [0.25, 0.3) is 0 Å². The molecule has 1 saturated carbocycles. The van der Waals surface area contributed by atoms with E-state index in [0.717, 1.165) is 19.3 Å². The third kappa shape index (κ3) is 2.87. The van der Waals surface area contributed by atoms with Crippen molar-refractivity contribution in [1.29, 1.82) is 0 Å².